The topological polar surface area (TPSA) is 57.6 Å². The molecule has 1 amide bonds. The molecule has 4 nitrogen and oxygen atoms in total. The van der Waals surface area contributed by atoms with Gasteiger partial charge in [-0.15, -0.1) is 0 Å². The Labute approximate surface area is 109 Å². The summed E-state index contributed by atoms with van der Waals surface area (Å²) < 4.78 is 0. The minimum atomic E-state index is -0.849. The van der Waals surface area contributed by atoms with Gasteiger partial charge in [0.25, 0.3) is 0 Å². The van der Waals surface area contributed by atoms with E-state index < -0.39 is 12.0 Å². The fourth-order valence-corrected chi connectivity index (χ4v) is 3.09. The number of carbonyl (C=O) groups is 2. The molecular formula is C14H25NO3. The molecule has 0 heterocycles. The van der Waals surface area contributed by atoms with E-state index in [4.69, 9.17) is 0 Å². The van der Waals surface area contributed by atoms with E-state index in [9.17, 15) is 14.7 Å². The van der Waals surface area contributed by atoms with E-state index in [1.165, 1.54) is 13.3 Å². The number of nitrogens with zero attached hydrogens (tertiary/aromatic N) is 1. The molecule has 0 radical (unpaired) electrons. The third kappa shape index (κ3) is 3.72. The number of carbonyl (C=O) groups excluding carboxylic acids is 1. The fourth-order valence-electron chi connectivity index (χ4n) is 3.09. The van der Waals surface area contributed by atoms with Gasteiger partial charge in [0, 0.05) is 13.5 Å². The van der Waals surface area contributed by atoms with Crippen LogP contribution in [0.4, 0.5) is 0 Å². The third-order valence-electron chi connectivity index (χ3n) is 3.88. The third-order valence-corrected chi connectivity index (χ3v) is 3.88. The van der Waals surface area contributed by atoms with Crippen LogP contribution in [0.1, 0.15) is 52.9 Å². The summed E-state index contributed by atoms with van der Waals surface area (Å²) >= 11 is 0. The highest BCUT2D eigenvalue weighted by Gasteiger charge is 2.36. The van der Waals surface area contributed by atoms with Crippen LogP contribution in [0.2, 0.25) is 0 Å². The summed E-state index contributed by atoms with van der Waals surface area (Å²) in [4.78, 5) is 24.7. The minimum absolute atomic E-state index is 0.113. The fraction of sp³-hybridized carbons (Fsp3) is 0.857. The first kappa shape index (κ1) is 15.0. The molecule has 1 N–H and O–H groups in total. The zero-order valence-electron chi connectivity index (χ0n) is 11.7. The van der Waals surface area contributed by atoms with Crippen molar-refractivity contribution in [2.75, 3.05) is 6.54 Å². The second-order valence-electron chi connectivity index (χ2n) is 5.53. The molecule has 0 spiro atoms. The van der Waals surface area contributed by atoms with Gasteiger partial charge in [-0.25, -0.2) is 4.79 Å². The molecule has 104 valence electrons. The van der Waals surface area contributed by atoms with Crippen LogP contribution in [0, 0.1) is 11.8 Å². The predicted octanol–water partition coefficient (Wildman–Crippen LogP) is 2.52. The Hall–Kier alpha value is -1.06. The second kappa shape index (κ2) is 6.76. The first-order valence-corrected chi connectivity index (χ1v) is 6.97. The normalized spacial score (nSPS) is 25.5. The van der Waals surface area contributed by atoms with Crippen molar-refractivity contribution in [1.29, 1.82) is 0 Å². The molecular weight excluding hydrogens is 230 g/mol. The Bertz CT molecular complexity index is 303. The molecule has 0 saturated heterocycles. The number of hydrogen-bond donors (Lipinski definition) is 1. The van der Waals surface area contributed by atoms with Gasteiger partial charge in [0.2, 0.25) is 5.91 Å². The van der Waals surface area contributed by atoms with E-state index in [0.29, 0.717) is 12.5 Å². The van der Waals surface area contributed by atoms with Crippen molar-refractivity contribution in [1.82, 2.24) is 4.90 Å². The summed E-state index contributed by atoms with van der Waals surface area (Å²) in [7, 11) is 0. The lowest BCUT2D eigenvalue weighted by Crippen LogP contribution is -2.49. The maximum atomic E-state index is 11.7. The minimum Gasteiger partial charge on any atom is -0.480 e. The quantitative estimate of drug-likeness (QED) is 0.821. The van der Waals surface area contributed by atoms with E-state index in [1.807, 2.05) is 6.92 Å². The van der Waals surface area contributed by atoms with E-state index in [1.54, 1.807) is 4.90 Å². The van der Waals surface area contributed by atoms with Crippen LogP contribution in [-0.4, -0.2) is 34.5 Å². The van der Waals surface area contributed by atoms with Crippen molar-refractivity contribution in [2.45, 2.75) is 58.9 Å². The Morgan fingerprint density at radius 3 is 2.50 bits per heavy atom. The van der Waals surface area contributed by atoms with Crippen molar-refractivity contribution in [2.24, 2.45) is 11.8 Å². The van der Waals surface area contributed by atoms with E-state index in [2.05, 4.69) is 6.92 Å². The van der Waals surface area contributed by atoms with Crippen LogP contribution < -0.4 is 0 Å². The van der Waals surface area contributed by atoms with Crippen molar-refractivity contribution in [3.8, 4) is 0 Å². The average Bonchev–Trinajstić information content (AvgIpc) is 2.27. The van der Waals surface area contributed by atoms with Gasteiger partial charge < -0.3 is 10.0 Å². The van der Waals surface area contributed by atoms with Gasteiger partial charge in [-0.05, 0) is 31.1 Å². The van der Waals surface area contributed by atoms with E-state index >= 15 is 0 Å². The molecule has 4 heteroatoms. The molecule has 1 aliphatic rings. The van der Waals surface area contributed by atoms with Crippen LogP contribution in [-0.2, 0) is 9.59 Å². The summed E-state index contributed by atoms with van der Waals surface area (Å²) in [5, 5.41) is 9.46. The zero-order chi connectivity index (χ0) is 13.7. The number of hydrogen-bond acceptors (Lipinski definition) is 2. The van der Waals surface area contributed by atoms with Crippen LogP contribution in [0.3, 0.4) is 0 Å². The Kier molecular flexibility index (Phi) is 5.63. The molecule has 0 aliphatic heterocycles. The molecule has 1 saturated carbocycles. The number of carboxylic acid groups (broad SMARTS) is 1. The monoisotopic (exact) mass is 255 g/mol. The highest BCUT2D eigenvalue weighted by molar-refractivity contribution is 5.82. The molecule has 0 aromatic rings. The highest BCUT2D eigenvalue weighted by Crippen LogP contribution is 2.33. The lowest BCUT2D eigenvalue weighted by atomic mass is 9.78. The molecule has 0 aromatic heterocycles. The lowest BCUT2D eigenvalue weighted by Gasteiger charge is -2.37. The maximum absolute atomic E-state index is 11.7. The number of carboxylic acids is 1. The smallest absolute Gasteiger partial charge is 0.326 e. The number of aliphatic carboxylic acids is 1. The summed E-state index contributed by atoms with van der Waals surface area (Å²) in [6.07, 6.45) is 4.90. The van der Waals surface area contributed by atoms with Gasteiger partial charge in [-0.3, -0.25) is 4.79 Å². The van der Waals surface area contributed by atoms with Gasteiger partial charge >= 0.3 is 5.97 Å². The standard InChI is InChI=1S/C14H25NO3/c1-4-8-15(11(3)16)13(14(17)18)12-7-5-6-10(2)9-12/h10,12-13H,4-9H2,1-3H3,(H,17,18). The van der Waals surface area contributed by atoms with Crippen LogP contribution in [0.15, 0.2) is 0 Å². The average molecular weight is 255 g/mol. The molecule has 0 bridgehead atoms. The van der Waals surface area contributed by atoms with Crippen LogP contribution in [0.5, 0.6) is 0 Å². The summed E-state index contributed by atoms with van der Waals surface area (Å²) in [6, 6.07) is -0.634. The van der Waals surface area contributed by atoms with Gasteiger partial charge in [0.15, 0.2) is 0 Å². The largest absolute Gasteiger partial charge is 0.480 e. The predicted molar refractivity (Wildman–Crippen MR) is 70.2 cm³/mol. The molecule has 0 aromatic carbocycles. The lowest BCUT2D eigenvalue weighted by molar-refractivity contribution is -0.153. The van der Waals surface area contributed by atoms with Crippen molar-refractivity contribution >= 4 is 11.9 Å². The summed E-state index contributed by atoms with van der Waals surface area (Å²) in [5.74, 6) is -0.289. The Balaban J connectivity index is 2.85. The number of amides is 1. The van der Waals surface area contributed by atoms with Gasteiger partial charge in [-0.1, -0.05) is 26.7 Å². The zero-order valence-corrected chi connectivity index (χ0v) is 11.7. The molecule has 3 atom stereocenters. The first-order chi connectivity index (χ1) is 8.47. The first-order valence-electron chi connectivity index (χ1n) is 6.97. The Morgan fingerprint density at radius 1 is 1.39 bits per heavy atom. The molecule has 3 unspecified atom stereocenters. The maximum Gasteiger partial charge on any atom is 0.326 e. The van der Waals surface area contributed by atoms with Gasteiger partial charge in [0.1, 0.15) is 6.04 Å². The van der Waals surface area contributed by atoms with Crippen molar-refractivity contribution in [3.05, 3.63) is 0 Å². The van der Waals surface area contributed by atoms with Gasteiger partial charge in [-0.2, -0.15) is 0 Å². The van der Waals surface area contributed by atoms with E-state index in [0.717, 1.165) is 25.7 Å². The number of rotatable bonds is 5. The van der Waals surface area contributed by atoms with Crippen LogP contribution in [0.25, 0.3) is 0 Å². The van der Waals surface area contributed by atoms with Crippen molar-refractivity contribution in [3.63, 3.8) is 0 Å². The summed E-state index contributed by atoms with van der Waals surface area (Å²) in [6.45, 7) is 6.15. The highest BCUT2D eigenvalue weighted by atomic mass is 16.4. The van der Waals surface area contributed by atoms with Gasteiger partial charge in [0.05, 0.1) is 0 Å². The van der Waals surface area contributed by atoms with Crippen LogP contribution >= 0.6 is 0 Å². The molecule has 1 aliphatic carbocycles. The molecule has 1 fully saturated rings. The van der Waals surface area contributed by atoms with Crippen molar-refractivity contribution < 1.29 is 14.7 Å². The molecule has 1 rings (SSSR count). The Morgan fingerprint density at radius 2 is 2.06 bits per heavy atom. The second-order valence-corrected chi connectivity index (χ2v) is 5.53. The SMILES string of the molecule is CCCN(C(C)=O)C(C(=O)O)C1CCCC(C)C1. The van der Waals surface area contributed by atoms with E-state index in [-0.39, 0.29) is 11.8 Å². The summed E-state index contributed by atoms with van der Waals surface area (Å²) in [5.41, 5.74) is 0. The molecule has 18 heavy (non-hydrogen) atoms.